The fraction of sp³-hybridized carbons (Fsp3) is 0.409. The largest absolute Gasteiger partial charge is 0.454 e. The molecule has 4 rings (SSSR count). The van der Waals surface area contributed by atoms with Gasteiger partial charge < -0.3 is 10.1 Å². The molecule has 2 bridgehead atoms. The molecule has 156 valence electrons. The third-order valence-corrected chi connectivity index (χ3v) is 6.13. The standard InChI is InChI=1S/C22H22N2O6/c1-11(24-20(27)18-14-6-7-15(8-14)19(18)21(24)28)22(29)30-10-17(26)23-16-5-3-4-13(9-16)12(2)25/h3-7,9,11,14-15,18-19H,8,10H2,1-2H3,(H,23,26)/t11-,14-,15-,18+,19+/m0/s1. The minimum Gasteiger partial charge on any atom is -0.454 e. The number of esters is 1. The summed E-state index contributed by atoms with van der Waals surface area (Å²) in [5.41, 5.74) is 0.843. The molecule has 5 atom stereocenters. The Morgan fingerprint density at radius 2 is 1.77 bits per heavy atom. The average Bonchev–Trinajstić information content (AvgIpc) is 3.39. The SMILES string of the molecule is CC(=O)c1cccc(NC(=O)COC(=O)[C@H](C)N2C(=O)[C@H]3[C@H](C2=O)[C@H]2C=C[C@H]3C2)c1. The molecule has 1 saturated heterocycles. The van der Waals surface area contributed by atoms with Crippen LogP contribution in [0.1, 0.15) is 30.6 Å². The van der Waals surface area contributed by atoms with Gasteiger partial charge in [-0.2, -0.15) is 0 Å². The number of hydrogen-bond donors (Lipinski definition) is 1. The lowest BCUT2D eigenvalue weighted by Gasteiger charge is -2.23. The van der Waals surface area contributed by atoms with Crippen molar-refractivity contribution in [3.8, 4) is 0 Å². The molecule has 2 aliphatic carbocycles. The summed E-state index contributed by atoms with van der Waals surface area (Å²) in [4.78, 5) is 62.4. The Morgan fingerprint density at radius 1 is 1.13 bits per heavy atom. The van der Waals surface area contributed by atoms with E-state index in [-0.39, 0.29) is 41.3 Å². The molecule has 1 aliphatic heterocycles. The second kappa shape index (κ2) is 7.51. The zero-order valence-electron chi connectivity index (χ0n) is 16.7. The number of ketones is 1. The van der Waals surface area contributed by atoms with Crippen molar-refractivity contribution in [1.82, 2.24) is 4.90 Å². The third-order valence-electron chi connectivity index (χ3n) is 6.13. The van der Waals surface area contributed by atoms with Gasteiger partial charge in [-0.1, -0.05) is 24.3 Å². The number of ether oxygens (including phenoxy) is 1. The van der Waals surface area contributed by atoms with E-state index < -0.39 is 24.5 Å². The number of amides is 3. The Balaban J connectivity index is 1.34. The van der Waals surface area contributed by atoms with Gasteiger partial charge in [0.15, 0.2) is 12.4 Å². The van der Waals surface area contributed by atoms with Crippen LogP contribution in [0.2, 0.25) is 0 Å². The second-order valence-corrected chi connectivity index (χ2v) is 8.02. The van der Waals surface area contributed by atoms with Gasteiger partial charge >= 0.3 is 5.97 Å². The van der Waals surface area contributed by atoms with E-state index in [9.17, 15) is 24.0 Å². The van der Waals surface area contributed by atoms with Crippen molar-refractivity contribution in [2.24, 2.45) is 23.7 Å². The van der Waals surface area contributed by atoms with E-state index >= 15 is 0 Å². The molecule has 0 radical (unpaired) electrons. The number of imide groups is 1. The van der Waals surface area contributed by atoms with Gasteiger partial charge in [0.25, 0.3) is 5.91 Å². The molecule has 30 heavy (non-hydrogen) atoms. The van der Waals surface area contributed by atoms with Gasteiger partial charge in [-0.25, -0.2) is 4.79 Å². The Hall–Kier alpha value is -3.29. The number of allylic oxidation sites excluding steroid dienone is 2. The molecule has 8 heteroatoms. The van der Waals surface area contributed by atoms with Crippen molar-refractivity contribution in [2.75, 3.05) is 11.9 Å². The van der Waals surface area contributed by atoms with Crippen LogP contribution in [0.15, 0.2) is 36.4 Å². The maximum Gasteiger partial charge on any atom is 0.329 e. The number of nitrogens with zero attached hydrogens (tertiary/aromatic N) is 1. The maximum atomic E-state index is 12.8. The first-order chi connectivity index (χ1) is 14.3. The smallest absolute Gasteiger partial charge is 0.329 e. The van der Waals surface area contributed by atoms with E-state index in [0.29, 0.717) is 11.3 Å². The second-order valence-electron chi connectivity index (χ2n) is 8.02. The summed E-state index contributed by atoms with van der Waals surface area (Å²) in [5, 5.41) is 2.55. The summed E-state index contributed by atoms with van der Waals surface area (Å²) in [6, 6.07) is 5.29. The van der Waals surface area contributed by atoms with Gasteiger partial charge in [-0.3, -0.25) is 24.1 Å². The molecule has 1 aromatic carbocycles. The van der Waals surface area contributed by atoms with Crippen LogP contribution in [0, 0.1) is 23.7 Å². The summed E-state index contributed by atoms with van der Waals surface area (Å²) in [5.74, 6) is -2.88. The van der Waals surface area contributed by atoms with Crippen LogP contribution >= 0.6 is 0 Å². The van der Waals surface area contributed by atoms with Gasteiger partial charge in [0.2, 0.25) is 11.8 Å². The van der Waals surface area contributed by atoms with Crippen LogP contribution in [0.3, 0.4) is 0 Å². The van der Waals surface area contributed by atoms with Crippen LogP contribution in [0.5, 0.6) is 0 Å². The first-order valence-corrected chi connectivity index (χ1v) is 9.90. The van der Waals surface area contributed by atoms with Gasteiger partial charge in [0.1, 0.15) is 6.04 Å². The molecule has 0 unspecified atom stereocenters. The molecule has 1 aromatic rings. The Morgan fingerprint density at radius 3 is 2.37 bits per heavy atom. The van der Waals surface area contributed by atoms with E-state index in [1.165, 1.54) is 19.9 Å². The summed E-state index contributed by atoms with van der Waals surface area (Å²) in [7, 11) is 0. The van der Waals surface area contributed by atoms with Gasteiger partial charge in [0.05, 0.1) is 11.8 Å². The number of fused-ring (bicyclic) bond motifs is 5. The van der Waals surface area contributed by atoms with Crippen molar-refractivity contribution in [3.05, 3.63) is 42.0 Å². The summed E-state index contributed by atoms with van der Waals surface area (Å²) in [6.07, 6.45) is 4.77. The van der Waals surface area contributed by atoms with Crippen molar-refractivity contribution in [1.29, 1.82) is 0 Å². The predicted molar refractivity (Wildman–Crippen MR) is 105 cm³/mol. The average molecular weight is 410 g/mol. The highest BCUT2D eigenvalue weighted by atomic mass is 16.5. The number of anilines is 1. The van der Waals surface area contributed by atoms with E-state index in [2.05, 4.69) is 5.32 Å². The lowest BCUT2D eigenvalue weighted by molar-refractivity contribution is -0.159. The minimum atomic E-state index is -1.09. The van der Waals surface area contributed by atoms with E-state index in [1.54, 1.807) is 18.2 Å². The minimum absolute atomic E-state index is 0.0567. The van der Waals surface area contributed by atoms with Crippen LogP contribution in [0.4, 0.5) is 5.69 Å². The number of Topliss-reactive ketones (excluding diaryl/α,β-unsaturated/α-hetero) is 1. The molecule has 1 heterocycles. The number of rotatable bonds is 6. The van der Waals surface area contributed by atoms with Crippen molar-refractivity contribution in [2.45, 2.75) is 26.3 Å². The number of benzene rings is 1. The Labute approximate surface area is 173 Å². The van der Waals surface area contributed by atoms with Crippen molar-refractivity contribution >= 4 is 35.2 Å². The zero-order valence-corrected chi connectivity index (χ0v) is 16.7. The molecule has 1 N–H and O–H groups in total. The summed E-state index contributed by atoms with van der Waals surface area (Å²) in [6.45, 7) is 2.28. The number of likely N-dealkylation sites (tertiary alicyclic amines) is 1. The lowest BCUT2D eigenvalue weighted by Crippen LogP contribution is -2.45. The Kier molecular flexibility index (Phi) is 5.01. The maximum absolute atomic E-state index is 12.8. The molecule has 0 aromatic heterocycles. The number of hydrogen-bond acceptors (Lipinski definition) is 6. The number of carbonyl (C=O) groups is 5. The highest BCUT2D eigenvalue weighted by Crippen LogP contribution is 2.52. The molecule has 0 spiro atoms. The van der Waals surface area contributed by atoms with E-state index in [4.69, 9.17) is 4.74 Å². The first kappa shape index (κ1) is 20.0. The summed E-state index contributed by atoms with van der Waals surface area (Å²) >= 11 is 0. The molecule has 3 aliphatic rings. The monoisotopic (exact) mass is 410 g/mol. The van der Waals surface area contributed by atoms with Gasteiger partial charge in [0, 0.05) is 11.3 Å². The predicted octanol–water partition coefficient (Wildman–Crippen LogP) is 1.57. The first-order valence-electron chi connectivity index (χ1n) is 9.90. The van der Waals surface area contributed by atoms with Crippen LogP contribution < -0.4 is 5.32 Å². The van der Waals surface area contributed by atoms with E-state index in [1.807, 2.05) is 12.2 Å². The van der Waals surface area contributed by atoms with Crippen LogP contribution in [-0.4, -0.2) is 47.0 Å². The number of nitrogens with one attached hydrogen (secondary N) is 1. The van der Waals surface area contributed by atoms with Crippen LogP contribution in [-0.2, 0) is 23.9 Å². The molecule has 2 fully saturated rings. The lowest BCUT2D eigenvalue weighted by atomic mass is 9.85. The van der Waals surface area contributed by atoms with Gasteiger partial charge in [-0.05, 0) is 44.2 Å². The van der Waals surface area contributed by atoms with Crippen LogP contribution in [0.25, 0.3) is 0 Å². The molecule has 1 saturated carbocycles. The molecular formula is C22H22N2O6. The molecule has 8 nitrogen and oxygen atoms in total. The summed E-state index contributed by atoms with van der Waals surface area (Å²) < 4.78 is 5.04. The fourth-order valence-corrected chi connectivity index (χ4v) is 4.68. The highest BCUT2D eigenvalue weighted by Gasteiger charge is 2.60. The third kappa shape index (κ3) is 3.32. The highest BCUT2D eigenvalue weighted by molar-refractivity contribution is 6.09. The number of carbonyl (C=O) groups excluding carboxylic acids is 5. The van der Waals surface area contributed by atoms with E-state index in [0.717, 1.165) is 11.3 Å². The van der Waals surface area contributed by atoms with Crippen molar-refractivity contribution < 1.29 is 28.7 Å². The quantitative estimate of drug-likeness (QED) is 0.330. The fourth-order valence-electron chi connectivity index (χ4n) is 4.68. The Bertz CT molecular complexity index is 954. The topological polar surface area (TPSA) is 110 Å². The normalized spacial score (nSPS) is 27.2. The molecular weight excluding hydrogens is 388 g/mol. The zero-order chi connectivity index (χ0) is 21.6. The van der Waals surface area contributed by atoms with Gasteiger partial charge in [-0.15, -0.1) is 0 Å². The molecule has 3 amide bonds. The van der Waals surface area contributed by atoms with Crippen molar-refractivity contribution in [3.63, 3.8) is 0 Å².